The van der Waals surface area contributed by atoms with E-state index in [2.05, 4.69) is 16.9 Å². The van der Waals surface area contributed by atoms with Crippen LogP contribution in [0.2, 0.25) is 0 Å². The maximum Gasteiger partial charge on any atom is 0.260 e. The predicted octanol–water partition coefficient (Wildman–Crippen LogP) is 2.29. The standard InChI is InChI=1S/C15H19N3O2S2/c1-8-4-5-9-10(6-8)22-14-12(9)13(20)16-15(17-14)21-7-11(19)18(2)3/h8H,4-7H2,1-3H3,(H,16,17,20)/t8-/m1/s1. The summed E-state index contributed by atoms with van der Waals surface area (Å²) in [7, 11) is 3.44. The van der Waals surface area contributed by atoms with Crippen molar-refractivity contribution in [3.05, 3.63) is 20.8 Å². The van der Waals surface area contributed by atoms with E-state index in [0.29, 0.717) is 11.1 Å². The molecule has 0 unspecified atom stereocenters. The Morgan fingerprint density at radius 2 is 2.27 bits per heavy atom. The number of carbonyl (C=O) groups is 1. The fraction of sp³-hybridized carbons (Fsp3) is 0.533. The molecule has 1 atom stereocenters. The number of thiophene rings is 1. The fourth-order valence-corrected chi connectivity index (χ4v) is 4.94. The molecule has 0 bridgehead atoms. The maximum absolute atomic E-state index is 12.4. The Bertz CT molecular complexity index is 779. The number of carbonyl (C=O) groups excluding carboxylic acids is 1. The largest absolute Gasteiger partial charge is 0.348 e. The number of amides is 1. The zero-order valence-corrected chi connectivity index (χ0v) is 14.6. The Labute approximate surface area is 137 Å². The van der Waals surface area contributed by atoms with Crippen molar-refractivity contribution in [2.75, 3.05) is 19.8 Å². The van der Waals surface area contributed by atoms with Crippen LogP contribution in [-0.4, -0.2) is 40.6 Å². The zero-order chi connectivity index (χ0) is 15.9. The molecule has 2 aromatic rings. The lowest BCUT2D eigenvalue weighted by molar-refractivity contribution is -0.125. The minimum atomic E-state index is -0.0724. The Balaban J connectivity index is 1.93. The molecule has 0 aromatic carbocycles. The van der Waals surface area contributed by atoms with Crippen molar-refractivity contribution in [3.8, 4) is 0 Å². The summed E-state index contributed by atoms with van der Waals surface area (Å²) in [6.45, 7) is 2.25. The fourth-order valence-electron chi connectivity index (χ4n) is 2.66. The van der Waals surface area contributed by atoms with Crippen LogP contribution in [0.5, 0.6) is 0 Å². The summed E-state index contributed by atoms with van der Waals surface area (Å²) in [6.07, 6.45) is 3.14. The van der Waals surface area contributed by atoms with Crippen molar-refractivity contribution in [1.29, 1.82) is 0 Å². The predicted molar refractivity (Wildman–Crippen MR) is 90.8 cm³/mol. The van der Waals surface area contributed by atoms with E-state index >= 15 is 0 Å². The van der Waals surface area contributed by atoms with E-state index in [9.17, 15) is 9.59 Å². The molecule has 0 radical (unpaired) electrons. The number of thioether (sulfide) groups is 1. The van der Waals surface area contributed by atoms with Gasteiger partial charge >= 0.3 is 0 Å². The minimum Gasteiger partial charge on any atom is -0.348 e. The number of H-pyrrole nitrogens is 1. The van der Waals surface area contributed by atoms with Gasteiger partial charge in [0.2, 0.25) is 5.91 Å². The Kier molecular flexibility index (Phi) is 4.27. The first kappa shape index (κ1) is 15.6. The van der Waals surface area contributed by atoms with Crippen LogP contribution >= 0.6 is 23.1 Å². The quantitative estimate of drug-likeness (QED) is 0.689. The van der Waals surface area contributed by atoms with E-state index in [-0.39, 0.29) is 17.2 Å². The summed E-state index contributed by atoms with van der Waals surface area (Å²) in [6, 6.07) is 0. The van der Waals surface area contributed by atoms with Gasteiger partial charge in [-0.3, -0.25) is 9.59 Å². The summed E-state index contributed by atoms with van der Waals surface area (Å²) in [5, 5.41) is 1.29. The van der Waals surface area contributed by atoms with Gasteiger partial charge in [-0.1, -0.05) is 18.7 Å². The SMILES string of the molecule is C[C@@H]1CCc2c(sc3nc(SCC(=O)N(C)C)[nH]c(=O)c23)C1. The highest BCUT2D eigenvalue weighted by molar-refractivity contribution is 7.99. The lowest BCUT2D eigenvalue weighted by Gasteiger charge is -2.17. The molecule has 7 heteroatoms. The third-order valence-corrected chi connectivity index (χ3v) is 5.98. The second kappa shape index (κ2) is 6.04. The highest BCUT2D eigenvalue weighted by Gasteiger charge is 2.23. The molecule has 2 aromatic heterocycles. The minimum absolute atomic E-state index is 0.00652. The smallest absolute Gasteiger partial charge is 0.260 e. The monoisotopic (exact) mass is 337 g/mol. The molecule has 0 aliphatic heterocycles. The van der Waals surface area contributed by atoms with Gasteiger partial charge in [-0.25, -0.2) is 4.98 Å². The van der Waals surface area contributed by atoms with E-state index in [1.165, 1.54) is 27.1 Å². The second-order valence-electron chi connectivity index (χ2n) is 5.98. The second-order valence-corrected chi connectivity index (χ2v) is 8.03. The number of aromatic amines is 1. The molecule has 1 amide bonds. The van der Waals surface area contributed by atoms with Crippen LogP contribution < -0.4 is 5.56 Å². The van der Waals surface area contributed by atoms with Crippen LogP contribution in [0.25, 0.3) is 10.2 Å². The third-order valence-electron chi connectivity index (χ3n) is 3.97. The van der Waals surface area contributed by atoms with Crippen LogP contribution in [0.3, 0.4) is 0 Å². The average molecular weight is 337 g/mol. The Morgan fingerprint density at radius 1 is 1.50 bits per heavy atom. The zero-order valence-electron chi connectivity index (χ0n) is 12.9. The lowest BCUT2D eigenvalue weighted by Crippen LogP contribution is -2.23. The summed E-state index contributed by atoms with van der Waals surface area (Å²) in [5.41, 5.74) is 1.12. The Hall–Kier alpha value is -1.34. The van der Waals surface area contributed by atoms with Gasteiger partial charge in [0.15, 0.2) is 5.16 Å². The van der Waals surface area contributed by atoms with Crippen molar-refractivity contribution in [3.63, 3.8) is 0 Å². The van der Waals surface area contributed by atoms with Crippen molar-refractivity contribution in [2.24, 2.45) is 5.92 Å². The number of aromatic nitrogens is 2. The van der Waals surface area contributed by atoms with Gasteiger partial charge in [-0.05, 0) is 30.7 Å². The molecule has 1 N–H and O–H groups in total. The lowest BCUT2D eigenvalue weighted by atomic mass is 9.89. The summed E-state index contributed by atoms with van der Waals surface area (Å²) >= 11 is 2.91. The number of hydrogen-bond donors (Lipinski definition) is 1. The van der Waals surface area contributed by atoms with Crippen molar-refractivity contribution < 1.29 is 4.79 Å². The summed E-state index contributed by atoms with van der Waals surface area (Å²) in [5.74, 6) is 0.960. The molecule has 3 rings (SSSR count). The molecular weight excluding hydrogens is 318 g/mol. The van der Waals surface area contributed by atoms with Gasteiger partial charge in [0.25, 0.3) is 5.56 Å². The van der Waals surface area contributed by atoms with Gasteiger partial charge in [0.1, 0.15) is 4.83 Å². The first-order chi connectivity index (χ1) is 10.5. The first-order valence-electron chi connectivity index (χ1n) is 7.33. The molecule has 5 nitrogen and oxygen atoms in total. The van der Waals surface area contributed by atoms with E-state index in [0.717, 1.165) is 29.5 Å². The average Bonchev–Trinajstić information content (AvgIpc) is 2.82. The summed E-state index contributed by atoms with van der Waals surface area (Å²) < 4.78 is 0. The Morgan fingerprint density at radius 3 is 3.00 bits per heavy atom. The van der Waals surface area contributed by atoms with Gasteiger partial charge in [0, 0.05) is 19.0 Å². The number of nitrogens with zero attached hydrogens (tertiary/aromatic N) is 2. The number of rotatable bonds is 3. The van der Waals surface area contributed by atoms with Crippen LogP contribution in [0.1, 0.15) is 23.8 Å². The molecule has 22 heavy (non-hydrogen) atoms. The highest BCUT2D eigenvalue weighted by Crippen LogP contribution is 2.36. The van der Waals surface area contributed by atoms with Gasteiger partial charge < -0.3 is 9.88 Å². The maximum atomic E-state index is 12.4. The van der Waals surface area contributed by atoms with Crippen molar-refractivity contribution in [1.82, 2.24) is 14.9 Å². The highest BCUT2D eigenvalue weighted by atomic mass is 32.2. The number of fused-ring (bicyclic) bond motifs is 3. The van der Waals surface area contributed by atoms with Crippen molar-refractivity contribution >= 4 is 39.2 Å². The van der Waals surface area contributed by atoms with Crippen molar-refractivity contribution in [2.45, 2.75) is 31.3 Å². The normalized spacial score (nSPS) is 17.5. The van der Waals surface area contributed by atoms with Crippen LogP contribution in [0.15, 0.2) is 9.95 Å². The molecule has 1 aliphatic rings. The van der Waals surface area contributed by atoms with Gasteiger partial charge in [-0.15, -0.1) is 11.3 Å². The van der Waals surface area contributed by atoms with Crippen LogP contribution in [0.4, 0.5) is 0 Å². The van der Waals surface area contributed by atoms with E-state index in [1.54, 1.807) is 25.4 Å². The number of hydrogen-bond acceptors (Lipinski definition) is 5. The topological polar surface area (TPSA) is 66.1 Å². The molecule has 0 fully saturated rings. The number of nitrogens with one attached hydrogen (secondary N) is 1. The van der Waals surface area contributed by atoms with E-state index in [1.807, 2.05) is 0 Å². The molecule has 2 heterocycles. The third kappa shape index (κ3) is 2.92. The van der Waals surface area contributed by atoms with E-state index < -0.39 is 0 Å². The number of aryl methyl sites for hydroxylation is 1. The van der Waals surface area contributed by atoms with Gasteiger partial charge in [0.05, 0.1) is 11.1 Å². The molecular formula is C15H19N3O2S2. The molecule has 1 aliphatic carbocycles. The van der Waals surface area contributed by atoms with Crippen LogP contribution in [-0.2, 0) is 17.6 Å². The molecule has 0 spiro atoms. The molecule has 0 saturated heterocycles. The summed E-state index contributed by atoms with van der Waals surface area (Å²) in [4.78, 5) is 35.1. The van der Waals surface area contributed by atoms with Gasteiger partial charge in [-0.2, -0.15) is 0 Å². The van der Waals surface area contributed by atoms with Crippen LogP contribution in [0, 0.1) is 5.92 Å². The first-order valence-corrected chi connectivity index (χ1v) is 9.13. The molecule has 0 saturated carbocycles. The van der Waals surface area contributed by atoms with E-state index in [4.69, 9.17) is 0 Å². The molecule has 118 valence electrons.